The molecular formula is C20H16N2OS2. The van der Waals surface area contributed by atoms with E-state index >= 15 is 0 Å². The van der Waals surface area contributed by atoms with E-state index in [0.29, 0.717) is 3.95 Å². The Bertz CT molecular complexity index is 1090. The second kappa shape index (κ2) is 6.10. The molecule has 3 nitrogen and oxygen atoms in total. The van der Waals surface area contributed by atoms with Gasteiger partial charge in [0.2, 0.25) is 5.88 Å². The van der Waals surface area contributed by atoms with Crippen molar-refractivity contribution in [3.8, 4) is 11.6 Å². The van der Waals surface area contributed by atoms with Crippen LogP contribution in [0.4, 0.5) is 5.69 Å². The van der Waals surface area contributed by atoms with Crippen LogP contribution in [0.3, 0.4) is 0 Å². The van der Waals surface area contributed by atoms with Crippen LogP contribution < -0.4 is 0 Å². The van der Waals surface area contributed by atoms with Gasteiger partial charge in [-0.3, -0.25) is 9.56 Å². The number of aromatic nitrogens is 1. The van der Waals surface area contributed by atoms with Crippen LogP contribution in [0.15, 0.2) is 53.5 Å². The van der Waals surface area contributed by atoms with E-state index in [1.165, 1.54) is 16.9 Å². The molecule has 0 spiro atoms. The quantitative estimate of drug-likeness (QED) is 0.572. The summed E-state index contributed by atoms with van der Waals surface area (Å²) >= 11 is 6.89. The average molecular weight is 364 g/mol. The van der Waals surface area contributed by atoms with E-state index in [-0.39, 0.29) is 5.88 Å². The van der Waals surface area contributed by atoms with Gasteiger partial charge in [-0.2, -0.15) is 0 Å². The smallest absolute Gasteiger partial charge is 0.215 e. The maximum atomic E-state index is 10.7. The van der Waals surface area contributed by atoms with Gasteiger partial charge in [0.1, 0.15) is 0 Å². The molecule has 0 atom stereocenters. The second-order valence-corrected chi connectivity index (χ2v) is 7.67. The van der Waals surface area contributed by atoms with E-state index < -0.39 is 0 Å². The number of rotatable bonds is 2. The number of aryl methyl sites for hydroxylation is 1. The number of thiazole rings is 1. The number of allylic oxidation sites excluding steroid dienone is 1. The molecule has 1 aliphatic rings. The molecule has 124 valence electrons. The Labute approximate surface area is 155 Å². The molecule has 0 saturated carbocycles. The van der Waals surface area contributed by atoms with Crippen LogP contribution in [0, 0.1) is 10.9 Å². The number of aliphatic imine (C=N–C) groups is 1. The second-order valence-electron chi connectivity index (χ2n) is 6.00. The van der Waals surface area contributed by atoms with Crippen LogP contribution >= 0.6 is 23.6 Å². The van der Waals surface area contributed by atoms with Crippen molar-refractivity contribution in [3.63, 3.8) is 0 Å². The van der Waals surface area contributed by atoms with Gasteiger partial charge in [0.25, 0.3) is 0 Å². The molecule has 2 heterocycles. The summed E-state index contributed by atoms with van der Waals surface area (Å²) in [5.41, 5.74) is 6.06. The fourth-order valence-corrected chi connectivity index (χ4v) is 4.24. The van der Waals surface area contributed by atoms with E-state index in [2.05, 4.69) is 11.1 Å². The highest BCUT2D eigenvalue weighted by molar-refractivity contribution is 7.73. The summed E-state index contributed by atoms with van der Waals surface area (Å²) in [4.78, 5) is 5.34. The van der Waals surface area contributed by atoms with Crippen molar-refractivity contribution >= 4 is 46.6 Å². The summed E-state index contributed by atoms with van der Waals surface area (Å²) in [7, 11) is 0. The lowest BCUT2D eigenvalue weighted by Gasteiger charge is -2.05. The Balaban J connectivity index is 1.84. The summed E-state index contributed by atoms with van der Waals surface area (Å²) in [5.74, 6) is 0.170. The van der Waals surface area contributed by atoms with Crippen molar-refractivity contribution in [2.45, 2.75) is 13.8 Å². The first kappa shape index (κ1) is 16.0. The molecule has 4 rings (SSSR count). The van der Waals surface area contributed by atoms with E-state index in [4.69, 9.17) is 12.2 Å². The maximum Gasteiger partial charge on any atom is 0.215 e. The highest BCUT2D eigenvalue weighted by Crippen LogP contribution is 2.38. The van der Waals surface area contributed by atoms with Crippen molar-refractivity contribution in [2.24, 2.45) is 4.99 Å². The predicted molar refractivity (Wildman–Crippen MR) is 108 cm³/mol. The Morgan fingerprint density at radius 2 is 1.80 bits per heavy atom. The lowest BCUT2D eigenvalue weighted by atomic mass is 10.0. The van der Waals surface area contributed by atoms with Crippen LogP contribution in [0.2, 0.25) is 0 Å². The fourth-order valence-electron chi connectivity index (χ4n) is 2.95. The molecule has 0 saturated heterocycles. The molecule has 0 unspecified atom stereocenters. The number of nitrogens with zero attached hydrogens (tertiary/aromatic N) is 2. The van der Waals surface area contributed by atoms with E-state index in [9.17, 15) is 5.11 Å². The monoisotopic (exact) mass is 364 g/mol. The van der Waals surface area contributed by atoms with Gasteiger partial charge in [-0.1, -0.05) is 35.9 Å². The highest BCUT2D eigenvalue weighted by atomic mass is 32.1. The number of fused-ring (bicyclic) bond motifs is 1. The number of aromatic hydroxyl groups is 1. The number of benzene rings is 2. The summed E-state index contributed by atoms with van der Waals surface area (Å²) < 4.78 is 2.33. The van der Waals surface area contributed by atoms with E-state index in [0.717, 1.165) is 33.1 Å². The molecule has 0 bridgehead atoms. The van der Waals surface area contributed by atoms with Crippen molar-refractivity contribution < 1.29 is 5.11 Å². The Morgan fingerprint density at radius 1 is 1.08 bits per heavy atom. The van der Waals surface area contributed by atoms with Gasteiger partial charge < -0.3 is 5.11 Å². The SMILES string of the molecule is CC1=Nc2ccccc2/C1=C/c1sc(=S)n(-c2ccc(C)cc2)c1O. The Hall–Kier alpha value is -2.50. The van der Waals surface area contributed by atoms with Gasteiger partial charge in [0, 0.05) is 16.8 Å². The standard InChI is InChI=1S/C20H16N2OS2/c1-12-7-9-14(10-8-12)22-19(23)18(25-20(22)24)11-16-13(2)21-17-6-4-3-5-15(16)17/h3-11,23H,1-2H3/b16-11+. The first-order chi connectivity index (χ1) is 12.0. The van der Waals surface area contributed by atoms with Crippen molar-refractivity contribution in [2.75, 3.05) is 0 Å². The molecule has 2 aromatic carbocycles. The van der Waals surface area contributed by atoms with Gasteiger partial charge in [0.05, 0.1) is 16.3 Å². The molecule has 0 aliphatic carbocycles. The van der Waals surface area contributed by atoms with Crippen molar-refractivity contribution in [3.05, 3.63) is 68.5 Å². The molecule has 25 heavy (non-hydrogen) atoms. The van der Waals surface area contributed by atoms with Gasteiger partial charge >= 0.3 is 0 Å². The van der Waals surface area contributed by atoms with Gasteiger partial charge in [-0.25, -0.2) is 0 Å². The van der Waals surface area contributed by atoms with Gasteiger partial charge in [-0.15, -0.1) is 11.3 Å². The lowest BCUT2D eigenvalue weighted by molar-refractivity contribution is 0.441. The molecule has 1 aliphatic heterocycles. The zero-order valence-electron chi connectivity index (χ0n) is 13.9. The van der Waals surface area contributed by atoms with Gasteiger partial charge in [0.15, 0.2) is 3.95 Å². The zero-order valence-corrected chi connectivity index (χ0v) is 15.5. The third kappa shape index (κ3) is 2.75. The maximum absolute atomic E-state index is 10.7. The number of hydrogen-bond donors (Lipinski definition) is 1. The third-order valence-electron chi connectivity index (χ3n) is 4.25. The average Bonchev–Trinajstić information content (AvgIpc) is 3.06. The lowest BCUT2D eigenvalue weighted by Crippen LogP contribution is -1.93. The topological polar surface area (TPSA) is 37.5 Å². The first-order valence-corrected chi connectivity index (χ1v) is 9.15. The van der Waals surface area contributed by atoms with Crippen molar-refractivity contribution in [1.29, 1.82) is 0 Å². The minimum Gasteiger partial charge on any atom is -0.493 e. The van der Waals surface area contributed by atoms with Crippen LogP contribution in [0.25, 0.3) is 17.3 Å². The van der Waals surface area contributed by atoms with Gasteiger partial charge in [-0.05, 0) is 50.3 Å². The van der Waals surface area contributed by atoms with Crippen LogP contribution in [0.5, 0.6) is 5.88 Å². The molecule has 1 aromatic heterocycles. The largest absolute Gasteiger partial charge is 0.493 e. The zero-order chi connectivity index (χ0) is 17.6. The fraction of sp³-hybridized carbons (Fsp3) is 0.100. The molecular weight excluding hydrogens is 348 g/mol. The molecule has 0 radical (unpaired) electrons. The van der Waals surface area contributed by atoms with Crippen LogP contribution in [-0.2, 0) is 0 Å². The molecule has 0 fully saturated rings. The molecule has 3 aromatic rings. The summed E-state index contributed by atoms with van der Waals surface area (Å²) in [5, 5.41) is 10.7. The minimum atomic E-state index is 0.170. The molecule has 5 heteroatoms. The summed E-state index contributed by atoms with van der Waals surface area (Å²) in [6.45, 7) is 4.02. The number of hydrogen-bond acceptors (Lipinski definition) is 4. The Kier molecular flexibility index (Phi) is 3.90. The van der Waals surface area contributed by atoms with E-state index in [1.54, 1.807) is 4.57 Å². The molecule has 1 N–H and O–H groups in total. The first-order valence-electron chi connectivity index (χ1n) is 7.93. The summed E-state index contributed by atoms with van der Waals surface area (Å²) in [6.07, 6.45) is 1.98. The number of para-hydroxylation sites is 1. The highest BCUT2D eigenvalue weighted by Gasteiger charge is 2.19. The van der Waals surface area contributed by atoms with Crippen molar-refractivity contribution in [1.82, 2.24) is 4.57 Å². The predicted octanol–water partition coefficient (Wildman–Crippen LogP) is 5.93. The van der Waals surface area contributed by atoms with Crippen LogP contribution in [-0.4, -0.2) is 15.4 Å². The molecule has 0 amide bonds. The third-order valence-corrected chi connectivity index (χ3v) is 5.56. The minimum absolute atomic E-state index is 0.170. The summed E-state index contributed by atoms with van der Waals surface area (Å²) in [6, 6.07) is 16.0. The Morgan fingerprint density at radius 3 is 2.56 bits per heavy atom. The van der Waals surface area contributed by atoms with Crippen LogP contribution in [0.1, 0.15) is 22.9 Å². The normalized spacial score (nSPS) is 14.6. The van der Waals surface area contributed by atoms with E-state index in [1.807, 2.05) is 62.4 Å².